The zero-order chi connectivity index (χ0) is 22.3. The number of amides is 2. The summed E-state index contributed by atoms with van der Waals surface area (Å²) < 4.78 is 5.68. The monoisotopic (exact) mass is 440 g/mol. The van der Waals surface area contributed by atoms with Gasteiger partial charge in [-0.05, 0) is 106 Å². The summed E-state index contributed by atoms with van der Waals surface area (Å²) in [6, 6.07) is 6.45. The molecule has 4 saturated carbocycles. The van der Waals surface area contributed by atoms with Gasteiger partial charge in [-0.3, -0.25) is 9.59 Å². The molecule has 1 aromatic carbocycles. The highest BCUT2D eigenvalue weighted by Crippen LogP contribution is 2.61. The Bertz CT molecular complexity index is 809. The Kier molecular flexibility index (Phi) is 5.81. The van der Waals surface area contributed by atoms with Crippen LogP contribution in [0.15, 0.2) is 24.3 Å². The standard InChI is InChI=1S/C26H36N2O4/c1-17(32-23-4-2-22(29)3-5-23)25(31)27-21-6-8-28(9-7-21)24(30)16-26-13-18-10-19(14-26)12-20(11-18)15-26/h2-5,17-21,29H,6-16H2,1H3,(H,27,31). The largest absolute Gasteiger partial charge is 0.508 e. The van der Waals surface area contributed by atoms with E-state index >= 15 is 0 Å². The van der Waals surface area contributed by atoms with Crippen LogP contribution in [-0.4, -0.2) is 47.1 Å². The van der Waals surface area contributed by atoms with Crippen molar-refractivity contribution in [2.75, 3.05) is 13.1 Å². The van der Waals surface area contributed by atoms with Crippen LogP contribution in [0.4, 0.5) is 0 Å². The molecule has 174 valence electrons. The summed E-state index contributed by atoms with van der Waals surface area (Å²) in [6.07, 6.45) is 9.77. The molecule has 1 saturated heterocycles. The number of phenols is 1. The van der Waals surface area contributed by atoms with Crippen molar-refractivity contribution in [3.63, 3.8) is 0 Å². The summed E-state index contributed by atoms with van der Waals surface area (Å²) in [5, 5.41) is 12.4. The molecule has 4 aliphatic carbocycles. The van der Waals surface area contributed by atoms with E-state index in [9.17, 15) is 14.7 Å². The van der Waals surface area contributed by atoms with E-state index in [4.69, 9.17) is 4.74 Å². The van der Waals surface area contributed by atoms with Crippen molar-refractivity contribution in [2.24, 2.45) is 23.2 Å². The Labute approximate surface area is 190 Å². The third-order valence-electron chi connectivity index (χ3n) is 8.40. The maximum absolute atomic E-state index is 13.1. The Morgan fingerprint density at radius 2 is 1.62 bits per heavy atom. The Morgan fingerprint density at radius 3 is 2.19 bits per heavy atom. The van der Waals surface area contributed by atoms with E-state index in [1.54, 1.807) is 19.1 Å². The van der Waals surface area contributed by atoms with Gasteiger partial charge in [-0.2, -0.15) is 0 Å². The number of hydrogen-bond donors (Lipinski definition) is 2. The second-order valence-corrected chi connectivity index (χ2v) is 11.0. The maximum Gasteiger partial charge on any atom is 0.260 e. The molecular weight excluding hydrogens is 404 g/mol. The number of ether oxygens (including phenoxy) is 1. The van der Waals surface area contributed by atoms with E-state index in [2.05, 4.69) is 5.32 Å². The van der Waals surface area contributed by atoms with Gasteiger partial charge in [0, 0.05) is 25.6 Å². The third-order valence-corrected chi connectivity index (χ3v) is 8.40. The molecule has 2 N–H and O–H groups in total. The van der Waals surface area contributed by atoms with E-state index < -0.39 is 6.10 Å². The van der Waals surface area contributed by atoms with Crippen LogP contribution in [0.1, 0.15) is 64.7 Å². The third kappa shape index (κ3) is 4.60. The van der Waals surface area contributed by atoms with E-state index in [-0.39, 0.29) is 23.1 Å². The van der Waals surface area contributed by atoms with Crippen molar-refractivity contribution in [1.82, 2.24) is 10.2 Å². The molecule has 5 fully saturated rings. The van der Waals surface area contributed by atoms with Gasteiger partial charge in [-0.25, -0.2) is 0 Å². The number of nitrogens with zero attached hydrogens (tertiary/aromatic N) is 1. The van der Waals surface area contributed by atoms with Gasteiger partial charge >= 0.3 is 0 Å². The summed E-state index contributed by atoms with van der Waals surface area (Å²) >= 11 is 0. The molecule has 6 rings (SSSR count). The SMILES string of the molecule is CC(Oc1ccc(O)cc1)C(=O)NC1CCN(C(=O)CC23CC4CC(CC(C4)C2)C3)CC1. The Hall–Kier alpha value is -2.24. The lowest BCUT2D eigenvalue weighted by molar-refractivity contribution is -0.140. The van der Waals surface area contributed by atoms with Crippen molar-refractivity contribution in [3.8, 4) is 11.5 Å². The first-order chi connectivity index (χ1) is 15.4. The van der Waals surface area contributed by atoms with Crippen LogP contribution in [0.5, 0.6) is 11.5 Å². The van der Waals surface area contributed by atoms with Gasteiger partial charge in [0.05, 0.1) is 0 Å². The molecule has 1 unspecified atom stereocenters. The molecule has 0 radical (unpaired) electrons. The average molecular weight is 441 g/mol. The van der Waals surface area contributed by atoms with Gasteiger partial charge in [0.1, 0.15) is 11.5 Å². The van der Waals surface area contributed by atoms with Gasteiger partial charge in [-0.1, -0.05) is 0 Å². The predicted molar refractivity (Wildman–Crippen MR) is 121 cm³/mol. The van der Waals surface area contributed by atoms with Gasteiger partial charge < -0.3 is 20.1 Å². The van der Waals surface area contributed by atoms with Crippen LogP contribution in [0.3, 0.4) is 0 Å². The minimum absolute atomic E-state index is 0.0805. The fourth-order valence-corrected chi connectivity index (χ4v) is 7.31. The molecule has 6 heteroatoms. The quantitative estimate of drug-likeness (QED) is 0.704. The highest BCUT2D eigenvalue weighted by molar-refractivity contribution is 5.81. The number of carbonyl (C=O) groups is 2. The number of likely N-dealkylation sites (tertiary alicyclic amines) is 1. The number of benzene rings is 1. The molecule has 1 heterocycles. The predicted octanol–water partition coefficient (Wildman–Crippen LogP) is 3.87. The minimum atomic E-state index is -0.615. The molecule has 0 aromatic heterocycles. The Balaban J connectivity index is 1.08. The fourth-order valence-electron chi connectivity index (χ4n) is 7.31. The van der Waals surface area contributed by atoms with Crippen molar-refractivity contribution in [3.05, 3.63) is 24.3 Å². The molecule has 1 aliphatic heterocycles. The zero-order valence-corrected chi connectivity index (χ0v) is 19.1. The van der Waals surface area contributed by atoms with Gasteiger partial charge in [0.25, 0.3) is 5.91 Å². The number of phenolic OH excluding ortho intramolecular Hbond substituents is 1. The summed E-state index contributed by atoms with van der Waals surface area (Å²) in [4.78, 5) is 27.7. The van der Waals surface area contributed by atoms with Crippen LogP contribution >= 0.6 is 0 Å². The first-order valence-electron chi connectivity index (χ1n) is 12.4. The fraction of sp³-hybridized carbons (Fsp3) is 0.692. The van der Waals surface area contributed by atoms with E-state index in [0.29, 0.717) is 11.7 Å². The number of carbonyl (C=O) groups excluding carboxylic acids is 2. The number of piperidine rings is 1. The van der Waals surface area contributed by atoms with Crippen LogP contribution < -0.4 is 10.1 Å². The second kappa shape index (κ2) is 8.60. The number of rotatable bonds is 6. The maximum atomic E-state index is 13.1. The normalized spacial score (nSPS) is 32.5. The molecule has 6 nitrogen and oxygen atoms in total. The lowest BCUT2D eigenvalue weighted by atomic mass is 9.49. The van der Waals surface area contributed by atoms with Crippen LogP contribution in [0.2, 0.25) is 0 Å². The second-order valence-electron chi connectivity index (χ2n) is 11.0. The highest BCUT2D eigenvalue weighted by atomic mass is 16.5. The van der Waals surface area contributed by atoms with E-state index in [1.807, 2.05) is 4.90 Å². The molecular formula is C26H36N2O4. The van der Waals surface area contributed by atoms with Crippen molar-refractivity contribution in [2.45, 2.75) is 76.9 Å². The molecule has 4 bridgehead atoms. The number of hydrogen-bond acceptors (Lipinski definition) is 4. The smallest absolute Gasteiger partial charge is 0.260 e. The summed E-state index contributed by atoms with van der Waals surface area (Å²) in [6.45, 7) is 3.18. The summed E-state index contributed by atoms with van der Waals surface area (Å²) in [5.74, 6) is 3.54. The Morgan fingerprint density at radius 1 is 1.06 bits per heavy atom. The summed E-state index contributed by atoms with van der Waals surface area (Å²) in [7, 11) is 0. The summed E-state index contributed by atoms with van der Waals surface area (Å²) in [5.41, 5.74) is 0.290. The molecule has 1 atom stereocenters. The molecule has 32 heavy (non-hydrogen) atoms. The van der Waals surface area contributed by atoms with E-state index in [1.165, 1.54) is 50.7 Å². The van der Waals surface area contributed by atoms with Gasteiger partial charge in [-0.15, -0.1) is 0 Å². The zero-order valence-electron chi connectivity index (χ0n) is 19.1. The number of nitrogens with one attached hydrogen (secondary N) is 1. The molecule has 0 spiro atoms. The highest BCUT2D eigenvalue weighted by Gasteiger charge is 2.51. The van der Waals surface area contributed by atoms with Gasteiger partial charge in [0.2, 0.25) is 5.91 Å². The van der Waals surface area contributed by atoms with Crippen molar-refractivity contribution < 1.29 is 19.4 Å². The lowest BCUT2D eigenvalue weighted by Gasteiger charge is -2.57. The van der Waals surface area contributed by atoms with Crippen LogP contribution in [0.25, 0.3) is 0 Å². The first-order valence-corrected chi connectivity index (χ1v) is 12.4. The van der Waals surface area contributed by atoms with Crippen molar-refractivity contribution in [1.29, 1.82) is 0 Å². The minimum Gasteiger partial charge on any atom is -0.508 e. The van der Waals surface area contributed by atoms with Crippen LogP contribution in [0, 0.1) is 23.2 Å². The van der Waals surface area contributed by atoms with Crippen molar-refractivity contribution >= 4 is 11.8 Å². The first kappa shape index (κ1) is 21.6. The molecule has 2 amide bonds. The molecule has 1 aromatic rings. The number of aromatic hydroxyl groups is 1. The van der Waals surface area contributed by atoms with Crippen LogP contribution in [-0.2, 0) is 9.59 Å². The van der Waals surface area contributed by atoms with E-state index in [0.717, 1.165) is 50.1 Å². The lowest BCUT2D eigenvalue weighted by Crippen LogP contribution is -2.51. The average Bonchev–Trinajstić information content (AvgIpc) is 2.74. The molecule has 5 aliphatic rings. The topological polar surface area (TPSA) is 78.9 Å². The van der Waals surface area contributed by atoms with Gasteiger partial charge in [0.15, 0.2) is 6.10 Å².